The molecule has 0 bridgehead atoms. The average Bonchev–Trinajstić information content (AvgIpc) is 2.07. The Kier molecular flexibility index (Phi) is 2.38. The molecule has 0 saturated heterocycles. The molecule has 0 fully saturated rings. The molecule has 1 unspecified atom stereocenters. The van der Waals surface area contributed by atoms with E-state index in [0.717, 1.165) is 0 Å². The van der Waals surface area contributed by atoms with Crippen molar-refractivity contribution in [3.8, 4) is 6.07 Å². The van der Waals surface area contributed by atoms with Crippen LogP contribution in [0.2, 0.25) is 0 Å². The Hall–Kier alpha value is -1.89. The van der Waals surface area contributed by atoms with Crippen LogP contribution >= 0.6 is 0 Å². The summed E-state index contributed by atoms with van der Waals surface area (Å²) in [5, 5.41) is 8.47. The Morgan fingerprint density at radius 3 is 2.83 bits per heavy atom. The fourth-order valence-corrected chi connectivity index (χ4v) is 0.819. The van der Waals surface area contributed by atoms with Crippen LogP contribution in [0.25, 0.3) is 0 Å². The molecule has 60 valence electrons. The van der Waals surface area contributed by atoms with Crippen molar-refractivity contribution in [3.63, 3.8) is 0 Å². The van der Waals surface area contributed by atoms with Crippen molar-refractivity contribution in [1.29, 1.82) is 5.26 Å². The van der Waals surface area contributed by atoms with Gasteiger partial charge in [-0.25, -0.2) is 0 Å². The van der Waals surface area contributed by atoms with Crippen LogP contribution in [-0.2, 0) is 4.79 Å². The van der Waals surface area contributed by atoms with Crippen LogP contribution in [0, 0.1) is 11.3 Å². The van der Waals surface area contributed by atoms with Gasteiger partial charge in [0.1, 0.15) is 12.2 Å². The lowest BCUT2D eigenvalue weighted by atomic mass is 10.1. The first-order valence-electron chi connectivity index (χ1n) is 3.32. The minimum absolute atomic E-state index is 0.311. The van der Waals surface area contributed by atoms with E-state index in [1.54, 1.807) is 6.07 Å². The number of rotatable bonds is 2. The van der Waals surface area contributed by atoms with E-state index in [1.807, 2.05) is 0 Å². The number of aromatic amines is 1. The molecular weight excluding hydrogens is 156 g/mol. The van der Waals surface area contributed by atoms with Gasteiger partial charge in [0.2, 0.25) is 5.56 Å². The predicted molar refractivity (Wildman–Crippen MR) is 41.5 cm³/mol. The molecular formula is C8H6N2O2. The van der Waals surface area contributed by atoms with Gasteiger partial charge in [-0.2, -0.15) is 5.26 Å². The van der Waals surface area contributed by atoms with Gasteiger partial charge in [-0.15, -0.1) is 0 Å². The SMILES string of the molecule is N#CC(C=O)c1cccc(=O)[nH]1. The summed E-state index contributed by atoms with van der Waals surface area (Å²) < 4.78 is 0. The first kappa shape index (κ1) is 8.21. The number of carbonyl (C=O) groups excluding carboxylic acids is 1. The molecule has 1 N–H and O–H groups in total. The molecule has 0 aliphatic carbocycles. The molecule has 1 heterocycles. The fourth-order valence-electron chi connectivity index (χ4n) is 0.819. The molecule has 1 atom stereocenters. The lowest BCUT2D eigenvalue weighted by molar-refractivity contribution is -0.108. The first-order valence-corrected chi connectivity index (χ1v) is 3.32. The van der Waals surface area contributed by atoms with E-state index < -0.39 is 5.92 Å². The Morgan fingerprint density at radius 2 is 2.33 bits per heavy atom. The van der Waals surface area contributed by atoms with Crippen LogP contribution in [0.4, 0.5) is 0 Å². The van der Waals surface area contributed by atoms with Crippen LogP contribution in [0.15, 0.2) is 23.0 Å². The van der Waals surface area contributed by atoms with Gasteiger partial charge in [-0.05, 0) is 6.07 Å². The van der Waals surface area contributed by atoms with E-state index in [9.17, 15) is 9.59 Å². The summed E-state index contributed by atoms with van der Waals surface area (Å²) in [5.41, 5.74) is 0.0228. The fraction of sp³-hybridized carbons (Fsp3) is 0.125. The molecule has 4 heteroatoms. The predicted octanol–water partition coefficient (Wildman–Crippen LogP) is 0.181. The van der Waals surface area contributed by atoms with Gasteiger partial charge in [0.05, 0.1) is 6.07 Å². The summed E-state index contributed by atoms with van der Waals surface area (Å²) in [4.78, 5) is 23.4. The summed E-state index contributed by atoms with van der Waals surface area (Å²) in [6, 6.07) is 6.11. The standard InChI is InChI=1S/C8H6N2O2/c9-4-6(5-11)7-2-1-3-8(12)10-7/h1-3,5-6H,(H,10,12). The largest absolute Gasteiger partial charge is 0.324 e. The summed E-state index contributed by atoms with van der Waals surface area (Å²) in [7, 11) is 0. The lowest BCUT2D eigenvalue weighted by Gasteiger charge is -1.98. The van der Waals surface area contributed by atoms with Crippen molar-refractivity contribution in [1.82, 2.24) is 4.98 Å². The molecule has 0 radical (unpaired) electrons. The highest BCUT2D eigenvalue weighted by Gasteiger charge is 2.08. The molecule has 0 saturated carbocycles. The van der Waals surface area contributed by atoms with E-state index >= 15 is 0 Å². The summed E-state index contributed by atoms with van der Waals surface area (Å²) in [5.74, 6) is -0.876. The van der Waals surface area contributed by atoms with Crippen molar-refractivity contribution in [2.75, 3.05) is 0 Å². The Morgan fingerprint density at radius 1 is 1.58 bits per heavy atom. The zero-order valence-corrected chi connectivity index (χ0v) is 6.15. The summed E-state index contributed by atoms with van der Waals surface area (Å²) >= 11 is 0. The number of aldehydes is 1. The van der Waals surface area contributed by atoms with Gasteiger partial charge in [0.15, 0.2) is 0 Å². The minimum Gasteiger partial charge on any atom is -0.324 e. The third-order valence-corrected chi connectivity index (χ3v) is 1.40. The Balaban J connectivity index is 3.11. The highest BCUT2D eigenvalue weighted by Crippen LogP contribution is 2.05. The molecule has 4 nitrogen and oxygen atoms in total. The van der Waals surface area contributed by atoms with Crippen molar-refractivity contribution >= 4 is 6.29 Å². The maximum Gasteiger partial charge on any atom is 0.248 e. The number of H-pyrrole nitrogens is 1. The Bertz CT molecular complexity index is 375. The third-order valence-electron chi connectivity index (χ3n) is 1.40. The van der Waals surface area contributed by atoms with E-state index in [4.69, 9.17) is 5.26 Å². The topological polar surface area (TPSA) is 73.7 Å². The molecule has 1 aromatic rings. The summed E-state index contributed by atoms with van der Waals surface area (Å²) in [6.07, 6.45) is 0.491. The van der Waals surface area contributed by atoms with Gasteiger partial charge in [-0.3, -0.25) is 4.79 Å². The first-order chi connectivity index (χ1) is 5.77. The van der Waals surface area contributed by atoms with E-state index in [1.165, 1.54) is 18.2 Å². The highest BCUT2D eigenvalue weighted by molar-refractivity contribution is 5.65. The molecule has 0 aliphatic heterocycles. The maximum absolute atomic E-state index is 10.7. The second kappa shape index (κ2) is 3.49. The number of pyridine rings is 1. The number of nitriles is 1. The minimum atomic E-state index is -0.876. The quantitative estimate of drug-likeness (QED) is 0.630. The van der Waals surface area contributed by atoms with Crippen LogP contribution in [0.3, 0.4) is 0 Å². The van der Waals surface area contributed by atoms with E-state index in [-0.39, 0.29) is 5.56 Å². The molecule has 1 rings (SSSR count). The van der Waals surface area contributed by atoms with Crippen LogP contribution in [0.1, 0.15) is 11.6 Å². The van der Waals surface area contributed by atoms with Crippen molar-refractivity contribution in [2.45, 2.75) is 5.92 Å². The van der Waals surface area contributed by atoms with Crippen LogP contribution < -0.4 is 5.56 Å². The third kappa shape index (κ3) is 1.58. The summed E-state index contributed by atoms with van der Waals surface area (Å²) in [6.45, 7) is 0. The molecule has 0 spiro atoms. The number of nitrogens with zero attached hydrogens (tertiary/aromatic N) is 1. The maximum atomic E-state index is 10.7. The molecule has 0 aromatic carbocycles. The van der Waals surface area contributed by atoms with Gasteiger partial charge in [-0.1, -0.05) is 6.07 Å². The zero-order valence-electron chi connectivity index (χ0n) is 6.15. The second-order valence-electron chi connectivity index (χ2n) is 2.21. The number of carbonyl (C=O) groups is 1. The van der Waals surface area contributed by atoms with Crippen LogP contribution in [0.5, 0.6) is 0 Å². The van der Waals surface area contributed by atoms with Crippen molar-refractivity contribution < 1.29 is 4.79 Å². The van der Waals surface area contributed by atoms with E-state index in [0.29, 0.717) is 12.0 Å². The van der Waals surface area contributed by atoms with Gasteiger partial charge in [0, 0.05) is 11.8 Å². The van der Waals surface area contributed by atoms with Gasteiger partial charge in [0.25, 0.3) is 0 Å². The lowest BCUT2D eigenvalue weighted by Crippen LogP contribution is -2.09. The molecule has 0 amide bonds. The van der Waals surface area contributed by atoms with Crippen molar-refractivity contribution in [2.24, 2.45) is 0 Å². The van der Waals surface area contributed by atoms with E-state index in [2.05, 4.69) is 4.98 Å². The molecule has 0 aliphatic rings. The number of hydrogen-bond donors (Lipinski definition) is 1. The smallest absolute Gasteiger partial charge is 0.248 e. The van der Waals surface area contributed by atoms with Crippen LogP contribution in [-0.4, -0.2) is 11.3 Å². The molecule has 12 heavy (non-hydrogen) atoms. The van der Waals surface area contributed by atoms with Gasteiger partial charge < -0.3 is 9.78 Å². The number of nitrogens with one attached hydrogen (secondary N) is 1. The Labute approximate surface area is 68.5 Å². The normalized spacial score (nSPS) is 11.6. The molecule has 1 aromatic heterocycles. The van der Waals surface area contributed by atoms with Gasteiger partial charge >= 0.3 is 0 Å². The average molecular weight is 162 g/mol. The van der Waals surface area contributed by atoms with Crippen molar-refractivity contribution in [3.05, 3.63) is 34.2 Å². The number of hydrogen-bond acceptors (Lipinski definition) is 3. The second-order valence-corrected chi connectivity index (χ2v) is 2.21. The monoisotopic (exact) mass is 162 g/mol. The highest BCUT2D eigenvalue weighted by atomic mass is 16.1. The number of aromatic nitrogens is 1. The zero-order chi connectivity index (χ0) is 8.97.